The Balaban J connectivity index is 2.75. The molecule has 0 saturated carbocycles. The molecule has 0 radical (unpaired) electrons. The Morgan fingerprint density at radius 1 is 1.15 bits per heavy atom. The highest BCUT2D eigenvalue weighted by Crippen LogP contribution is 2.31. The highest BCUT2D eigenvalue weighted by Gasteiger charge is 2.21. The van der Waals surface area contributed by atoms with Gasteiger partial charge in [0.05, 0.1) is 0 Å². The van der Waals surface area contributed by atoms with Crippen molar-refractivity contribution in [2.24, 2.45) is 5.41 Å². The monoisotopic (exact) mass is 194 g/mol. The maximum atomic E-state index is 5.68. The average Bonchev–Trinajstić information content (AvgIpc) is 2.45. The van der Waals surface area contributed by atoms with Crippen LogP contribution in [0.5, 0.6) is 0 Å². The molecule has 2 rings (SSSR count). The molecule has 0 unspecified atom stereocenters. The summed E-state index contributed by atoms with van der Waals surface area (Å²) >= 11 is 0.981. The molecule has 0 fully saturated rings. The number of rotatable bonds is 0. The van der Waals surface area contributed by atoms with Crippen molar-refractivity contribution in [1.29, 1.82) is 0 Å². The fourth-order valence-corrected chi connectivity index (χ4v) is 2.41. The smallest absolute Gasteiger partial charge is 0.127 e. The van der Waals surface area contributed by atoms with Gasteiger partial charge in [-0.25, -0.2) is 0 Å². The van der Waals surface area contributed by atoms with E-state index in [-0.39, 0.29) is 5.41 Å². The summed E-state index contributed by atoms with van der Waals surface area (Å²) in [7, 11) is 0. The van der Waals surface area contributed by atoms with E-state index in [1.165, 1.54) is 9.73 Å². The lowest BCUT2D eigenvalue weighted by atomic mass is 9.92. The van der Waals surface area contributed by atoms with Crippen molar-refractivity contribution in [2.75, 3.05) is 0 Å². The maximum absolute atomic E-state index is 5.68. The Kier molecular flexibility index (Phi) is 1.95. The molecule has 0 spiro atoms. The van der Waals surface area contributed by atoms with Crippen LogP contribution in [0.25, 0.3) is 5.76 Å². The first-order valence-electron chi connectivity index (χ1n) is 4.44. The van der Waals surface area contributed by atoms with Crippen molar-refractivity contribution in [3.05, 3.63) is 34.0 Å². The summed E-state index contributed by atoms with van der Waals surface area (Å²) in [6.07, 6.45) is 0. The van der Waals surface area contributed by atoms with Gasteiger partial charge in [0.1, 0.15) is 5.76 Å². The second-order valence-electron chi connectivity index (χ2n) is 4.28. The molecule has 1 heterocycles. The van der Waals surface area contributed by atoms with Gasteiger partial charge < -0.3 is 4.18 Å². The Labute approximate surface area is 82.2 Å². The Hall–Kier alpha value is -0.760. The van der Waals surface area contributed by atoms with Crippen molar-refractivity contribution < 1.29 is 4.18 Å². The molecular weight excluding hydrogens is 180 g/mol. The zero-order valence-electron chi connectivity index (χ0n) is 8.16. The van der Waals surface area contributed by atoms with Crippen LogP contribution in [0.1, 0.15) is 20.8 Å². The van der Waals surface area contributed by atoms with Crippen LogP contribution in [0.3, 0.4) is 0 Å². The second kappa shape index (κ2) is 2.88. The van der Waals surface area contributed by atoms with E-state index in [2.05, 4.69) is 45.0 Å². The van der Waals surface area contributed by atoms with Gasteiger partial charge in [0.25, 0.3) is 0 Å². The van der Waals surface area contributed by atoms with Gasteiger partial charge in [-0.15, -0.1) is 0 Å². The minimum atomic E-state index is 0.111. The summed E-state index contributed by atoms with van der Waals surface area (Å²) in [5, 5.41) is 1.27. The van der Waals surface area contributed by atoms with E-state index in [9.17, 15) is 0 Å². The molecule has 70 valence electrons. The summed E-state index contributed by atoms with van der Waals surface area (Å²) in [5.41, 5.74) is 0.111. The predicted octanol–water partition coefficient (Wildman–Crippen LogP) is 2.50. The van der Waals surface area contributed by atoms with Gasteiger partial charge in [0, 0.05) is 15.1 Å². The highest BCUT2D eigenvalue weighted by atomic mass is 32.2. The Bertz CT molecular complexity index is 440. The van der Waals surface area contributed by atoms with E-state index in [0.29, 0.717) is 0 Å². The third-order valence-electron chi connectivity index (χ3n) is 2.07. The molecule has 1 aliphatic heterocycles. The van der Waals surface area contributed by atoms with E-state index < -0.39 is 0 Å². The van der Waals surface area contributed by atoms with Gasteiger partial charge in [0.15, 0.2) is 0 Å². The summed E-state index contributed by atoms with van der Waals surface area (Å²) in [6.45, 7) is 6.54. The lowest BCUT2D eigenvalue weighted by molar-refractivity contribution is 0.424. The van der Waals surface area contributed by atoms with Crippen LogP contribution >= 0.6 is 11.6 Å². The minimum Gasteiger partial charge on any atom is -0.440 e. The van der Waals surface area contributed by atoms with Crippen LogP contribution in [0.15, 0.2) is 24.3 Å². The maximum Gasteiger partial charge on any atom is 0.127 e. The standard InChI is InChI=1S/C11H14OS/c1-11(2,3)10-8-6-4-5-7-9(8)13-12-10/h4-7,13H,1-3H3. The van der Waals surface area contributed by atoms with Gasteiger partial charge >= 0.3 is 0 Å². The summed E-state index contributed by atoms with van der Waals surface area (Å²) < 4.78 is 6.96. The molecule has 0 saturated heterocycles. The first-order valence-corrected chi connectivity index (χ1v) is 5.25. The molecule has 1 aliphatic rings. The lowest BCUT2D eigenvalue weighted by Crippen LogP contribution is -2.16. The molecule has 13 heavy (non-hydrogen) atoms. The fraction of sp³-hybridized carbons (Fsp3) is 0.364. The van der Waals surface area contributed by atoms with Crippen molar-refractivity contribution in [2.45, 2.75) is 20.8 Å². The van der Waals surface area contributed by atoms with Crippen molar-refractivity contribution in [1.82, 2.24) is 0 Å². The quantitative estimate of drug-likeness (QED) is 0.493. The normalized spacial score (nSPS) is 15.5. The summed E-state index contributed by atoms with van der Waals surface area (Å²) in [5.74, 6) is 1.12. The number of benzene rings is 1. The van der Waals surface area contributed by atoms with Gasteiger partial charge in [-0.1, -0.05) is 39.0 Å². The van der Waals surface area contributed by atoms with E-state index in [1.54, 1.807) is 0 Å². The third kappa shape index (κ3) is 1.51. The van der Waals surface area contributed by atoms with Crippen LogP contribution in [-0.2, 0) is 4.18 Å². The summed E-state index contributed by atoms with van der Waals surface area (Å²) in [4.78, 5) is 0. The molecule has 1 nitrogen and oxygen atoms in total. The van der Waals surface area contributed by atoms with Gasteiger partial charge in [-0.3, -0.25) is 0 Å². The van der Waals surface area contributed by atoms with E-state index in [1.807, 2.05) is 0 Å². The number of fused-ring (bicyclic) bond motifs is 1. The van der Waals surface area contributed by atoms with Crippen molar-refractivity contribution >= 4 is 17.4 Å². The SMILES string of the molecule is CC(C)(C)C1=c2ccccc2=[SH]O1. The first kappa shape index (κ1) is 8.82. The van der Waals surface area contributed by atoms with E-state index in [0.717, 1.165) is 17.4 Å². The van der Waals surface area contributed by atoms with Gasteiger partial charge in [-0.05, 0) is 17.7 Å². The molecule has 1 aromatic rings. The van der Waals surface area contributed by atoms with Crippen LogP contribution in [0.4, 0.5) is 0 Å². The molecule has 0 N–H and O–H groups in total. The number of hydrogen-bond acceptors (Lipinski definition) is 1. The summed E-state index contributed by atoms with van der Waals surface area (Å²) in [6, 6.07) is 8.38. The van der Waals surface area contributed by atoms with E-state index in [4.69, 9.17) is 4.18 Å². The Morgan fingerprint density at radius 3 is 2.54 bits per heavy atom. The molecule has 0 bridgehead atoms. The zero-order valence-corrected chi connectivity index (χ0v) is 9.06. The predicted molar refractivity (Wildman–Crippen MR) is 57.8 cm³/mol. The molecule has 0 atom stereocenters. The molecule has 0 aliphatic carbocycles. The fourth-order valence-electron chi connectivity index (χ4n) is 1.43. The molecule has 0 aromatic heterocycles. The second-order valence-corrected chi connectivity index (χ2v) is 5.13. The van der Waals surface area contributed by atoms with Crippen molar-refractivity contribution in [3.8, 4) is 0 Å². The average molecular weight is 194 g/mol. The highest BCUT2D eigenvalue weighted by molar-refractivity contribution is 7.86. The molecule has 0 amide bonds. The Morgan fingerprint density at radius 2 is 1.85 bits per heavy atom. The number of thiol groups is 1. The van der Waals surface area contributed by atoms with Crippen LogP contribution in [0.2, 0.25) is 0 Å². The third-order valence-corrected chi connectivity index (χ3v) is 2.93. The van der Waals surface area contributed by atoms with Crippen molar-refractivity contribution in [3.63, 3.8) is 0 Å². The lowest BCUT2D eigenvalue weighted by Gasteiger charge is -2.18. The minimum absolute atomic E-state index is 0.111. The number of hydrogen-bond donors (Lipinski definition) is 1. The van der Waals surface area contributed by atoms with E-state index >= 15 is 0 Å². The first-order chi connectivity index (χ1) is 6.09. The van der Waals surface area contributed by atoms with Crippen LogP contribution in [0, 0.1) is 9.93 Å². The zero-order chi connectivity index (χ0) is 9.47. The topological polar surface area (TPSA) is 9.23 Å². The largest absolute Gasteiger partial charge is 0.440 e. The molecule has 2 heteroatoms. The van der Waals surface area contributed by atoms with Gasteiger partial charge in [-0.2, -0.15) is 0 Å². The molecular formula is C11H14OS. The van der Waals surface area contributed by atoms with Gasteiger partial charge in [0.2, 0.25) is 0 Å². The van der Waals surface area contributed by atoms with Crippen LogP contribution < -0.4 is 5.22 Å². The van der Waals surface area contributed by atoms with Crippen LogP contribution in [-0.4, -0.2) is 0 Å². The molecule has 1 aromatic carbocycles.